The first-order valence-corrected chi connectivity index (χ1v) is 11.3. The number of nitrogens with zero attached hydrogens (tertiary/aromatic N) is 3. The number of ether oxygens (including phenoxy) is 1. The number of hydrogen-bond acceptors (Lipinski definition) is 8. The molecule has 8 nitrogen and oxygen atoms in total. The predicted octanol–water partition coefficient (Wildman–Crippen LogP) is 2.34. The van der Waals surface area contributed by atoms with Crippen LogP contribution in [-0.4, -0.2) is 42.4 Å². The van der Waals surface area contributed by atoms with Crippen molar-refractivity contribution >= 4 is 44.0 Å². The Kier molecular flexibility index (Phi) is 5.09. The van der Waals surface area contributed by atoms with Gasteiger partial charge < -0.3 is 16.2 Å². The smallest absolute Gasteiger partial charge is 0.252 e. The second kappa shape index (κ2) is 7.53. The van der Waals surface area contributed by atoms with E-state index in [9.17, 15) is 8.42 Å². The molecule has 0 radical (unpaired) electrons. The van der Waals surface area contributed by atoms with Crippen LogP contribution in [-0.2, 0) is 10.0 Å². The number of nitrogen functional groups attached to an aromatic ring is 2. The Morgan fingerprint density at radius 3 is 2.64 bits per heavy atom. The molecule has 2 aromatic heterocycles. The zero-order valence-corrected chi connectivity index (χ0v) is 16.7. The largest absolute Gasteiger partial charge is 0.492 e. The predicted molar refractivity (Wildman–Crippen MR) is 110 cm³/mol. The lowest BCUT2D eigenvalue weighted by Gasteiger charge is -2.30. The minimum Gasteiger partial charge on any atom is -0.492 e. The SMILES string of the molecule is Nc1nc(N)c2c(OCC3CCN(S(=O)(=O)c4cccs4)CC3)cccc2n1. The Morgan fingerprint density at radius 1 is 1.14 bits per heavy atom. The molecule has 0 aliphatic carbocycles. The summed E-state index contributed by atoms with van der Waals surface area (Å²) in [6.07, 6.45) is 1.49. The number of anilines is 2. The molecule has 1 saturated heterocycles. The lowest BCUT2D eigenvalue weighted by molar-refractivity contribution is 0.187. The molecule has 1 aromatic carbocycles. The highest BCUT2D eigenvalue weighted by Crippen LogP contribution is 2.31. The molecule has 0 saturated carbocycles. The van der Waals surface area contributed by atoms with Gasteiger partial charge in [-0.25, -0.2) is 13.4 Å². The highest BCUT2D eigenvalue weighted by molar-refractivity contribution is 7.91. The molecule has 3 aromatic rings. The van der Waals surface area contributed by atoms with Crippen LogP contribution in [0.15, 0.2) is 39.9 Å². The summed E-state index contributed by atoms with van der Waals surface area (Å²) in [5.74, 6) is 1.29. The van der Waals surface area contributed by atoms with E-state index in [0.717, 1.165) is 12.8 Å². The molecule has 1 aliphatic heterocycles. The summed E-state index contributed by atoms with van der Waals surface area (Å²) in [4.78, 5) is 8.20. The zero-order chi connectivity index (χ0) is 19.7. The van der Waals surface area contributed by atoms with Gasteiger partial charge in [-0.2, -0.15) is 9.29 Å². The van der Waals surface area contributed by atoms with E-state index in [1.807, 2.05) is 18.2 Å². The topological polar surface area (TPSA) is 124 Å². The molecule has 0 unspecified atom stereocenters. The molecule has 4 N–H and O–H groups in total. The molecule has 3 heterocycles. The molecule has 0 bridgehead atoms. The average molecular weight is 420 g/mol. The number of nitrogens with two attached hydrogens (primary N) is 2. The van der Waals surface area contributed by atoms with Crippen molar-refractivity contribution in [2.45, 2.75) is 17.1 Å². The van der Waals surface area contributed by atoms with Gasteiger partial charge in [0.05, 0.1) is 17.5 Å². The van der Waals surface area contributed by atoms with Crippen molar-refractivity contribution in [1.29, 1.82) is 0 Å². The summed E-state index contributed by atoms with van der Waals surface area (Å²) in [7, 11) is -3.38. The Bertz CT molecular complexity index is 1080. The van der Waals surface area contributed by atoms with E-state index >= 15 is 0 Å². The highest BCUT2D eigenvalue weighted by Gasteiger charge is 2.30. The van der Waals surface area contributed by atoms with Crippen LogP contribution in [0.25, 0.3) is 10.9 Å². The third-order valence-corrected chi connectivity index (χ3v) is 8.14. The number of benzene rings is 1. The Labute approximate surface area is 167 Å². The van der Waals surface area contributed by atoms with Gasteiger partial charge >= 0.3 is 0 Å². The second-order valence-corrected chi connectivity index (χ2v) is 9.82. The molecule has 10 heteroatoms. The molecule has 1 fully saturated rings. The van der Waals surface area contributed by atoms with Crippen LogP contribution in [0.5, 0.6) is 5.75 Å². The standard InChI is InChI=1S/C18H21N5O3S2/c19-17-16-13(21-18(20)22-17)3-1-4-14(16)26-11-12-6-8-23(9-7-12)28(24,25)15-5-2-10-27-15/h1-5,10,12H,6-9,11H2,(H4,19,20,21,22). The van der Waals surface area contributed by atoms with Gasteiger partial charge in [-0.15, -0.1) is 11.3 Å². The highest BCUT2D eigenvalue weighted by atomic mass is 32.2. The number of sulfonamides is 1. The van der Waals surface area contributed by atoms with E-state index in [4.69, 9.17) is 16.2 Å². The fraction of sp³-hybridized carbons (Fsp3) is 0.333. The summed E-state index contributed by atoms with van der Waals surface area (Å²) in [6, 6.07) is 8.87. The lowest BCUT2D eigenvalue weighted by Crippen LogP contribution is -2.39. The van der Waals surface area contributed by atoms with Crippen LogP contribution in [0, 0.1) is 5.92 Å². The van der Waals surface area contributed by atoms with Crippen LogP contribution >= 0.6 is 11.3 Å². The maximum atomic E-state index is 12.6. The summed E-state index contributed by atoms with van der Waals surface area (Å²) in [6.45, 7) is 1.47. The van der Waals surface area contributed by atoms with Gasteiger partial charge in [-0.05, 0) is 42.3 Å². The fourth-order valence-corrected chi connectivity index (χ4v) is 5.99. The molecule has 28 heavy (non-hydrogen) atoms. The summed E-state index contributed by atoms with van der Waals surface area (Å²) >= 11 is 1.25. The third-order valence-electron chi connectivity index (χ3n) is 4.87. The van der Waals surface area contributed by atoms with Gasteiger partial charge in [0, 0.05) is 13.1 Å². The number of piperidine rings is 1. The Hall–Kier alpha value is -2.43. The first-order chi connectivity index (χ1) is 13.4. The first kappa shape index (κ1) is 18.9. The minimum atomic E-state index is -3.38. The van der Waals surface area contributed by atoms with Crippen molar-refractivity contribution in [3.63, 3.8) is 0 Å². The number of aromatic nitrogens is 2. The Balaban J connectivity index is 1.41. The fourth-order valence-electron chi connectivity index (χ4n) is 3.38. The quantitative estimate of drug-likeness (QED) is 0.650. The van der Waals surface area contributed by atoms with E-state index in [1.54, 1.807) is 21.8 Å². The molecule has 0 amide bonds. The molecule has 148 valence electrons. The van der Waals surface area contributed by atoms with Crippen LogP contribution in [0.3, 0.4) is 0 Å². The number of hydrogen-bond donors (Lipinski definition) is 2. The third kappa shape index (κ3) is 3.62. The molecule has 0 spiro atoms. The van der Waals surface area contributed by atoms with Gasteiger partial charge in [0.2, 0.25) is 5.95 Å². The van der Waals surface area contributed by atoms with E-state index in [-0.39, 0.29) is 17.7 Å². The zero-order valence-electron chi connectivity index (χ0n) is 15.1. The molecule has 1 aliphatic rings. The van der Waals surface area contributed by atoms with Gasteiger partial charge in [-0.1, -0.05) is 12.1 Å². The normalized spacial score (nSPS) is 16.4. The maximum absolute atomic E-state index is 12.6. The van der Waals surface area contributed by atoms with Crippen LogP contribution in [0.1, 0.15) is 12.8 Å². The van der Waals surface area contributed by atoms with Crippen LogP contribution < -0.4 is 16.2 Å². The van der Waals surface area contributed by atoms with Gasteiger partial charge in [0.1, 0.15) is 15.8 Å². The first-order valence-electron chi connectivity index (χ1n) is 8.93. The molecule has 0 atom stereocenters. The summed E-state index contributed by atoms with van der Waals surface area (Å²) in [5, 5.41) is 2.43. The van der Waals surface area contributed by atoms with Gasteiger partial charge in [-0.3, -0.25) is 0 Å². The van der Waals surface area contributed by atoms with Gasteiger partial charge in [0.25, 0.3) is 10.0 Å². The van der Waals surface area contributed by atoms with Crippen molar-refractivity contribution in [2.24, 2.45) is 5.92 Å². The number of fused-ring (bicyclic) bond motifs is 1. The van der Waals surface area contributed by atoms with Crippen molar-refractivity contribution in [3.05, 3.63) is 35.7 Å². The maximum Gasteiger partial charge on any atom is 0.252 e. The molecular weight excluding hydrogens is 398 g/mol. The van der Waals surface area contributed by atoms with E-state index in [0.29, 0.717) is 40.6 Å². The summed E-state index contributed by atoms with van der Waals surface area (Å²) < 4.78 is 33.2. The lowest BCUT2D eigenvalue weighted by atomic mass is 9.99. The van der Waals surface area contributed by atoms with E-state index in [1.165, 1.54) is 11.3 Å². The second-order valence-electron chi connectivity index (χ2n) is 6.71. The van der Waals surface area contributed by atoms with Gasteiger partial charge in [0.15, 0.2) is 0 Å². The monoisotopic (exact) mass is 419 g/mol. The van der Waals surface area contributed by atoms with Crippen molar-refractivity contribution < 1.29 is 13.2 Å². The number of thiophene rings is 1. The average Bonchev–Trinajstić information content (AvgIpc) is 3.22. The van der Waals surface area contributed by atoms with Crippen molar-refractivity contribution in [2.75, 3.05) is 31.2 Å². The molecular formula is C18H21N5O3S2. The van der Waals surface area contributed by atoms with Crippen molar-refractivity contribution in [3.8, 4) is 5.75 Å². The summed E-state index contributed by atoms with van der Waals surface area (Å²) in [5.41, 5.74) is 12.3. The van der Waals surface area contributed by atoms with E-state index in [2.05, 4.69) is 9.97 Å². The van der Waals surface area contributed by atoms with E-state index < -0.39 is 10.0 Å². The molecule has 4 rings (SSSR count). The van der Waals surface area contributed by atoms with Crippen LogP contribution in [0.2, 0.25) is 0 Å². The minimum absolute atomic E-state index is 0.126. The van der Waals surface area contributed by atoms with Crippen LogP contribution in [0.4, 0.5) is 11.8 Å². The van der Waals surface area contributed by atoms with Crippen molar-refractivity contribution in [1.82, 2.24) is 14.3 Å². The Morgan fingerprint density at radius 2 is 1.93 bits per heavy atom. The number of rotatable bonds is 5.